The Kier molecular flexibility index (Phi) is 4.75. The van der Waals surface area contributed by atoms with Crippen LogP contribution in [0.1, 0.15) is 32.0 Å². The van der Waals surface area contributed by atoms with Crippen LogP contribution in [0.5, 0.6) is 0 Å². The minimum atomic E-state index is -0.0696. The highest BCUT2D eigenvalue weighted by molar-refractivity contribution is 7.14. The number of rotatable bonds is 6. The van der Waals surface area contributed by atoms with Crippen molar-refractivity contribution in [3.8, 4) is 11.3 Å². The number of hydrogen-bond acceptors (Lipinski definition) is 5. The average Bonchev–Trinajstić information content (AvgIpc) is 3.27. The van der Waals surface area contributed by atoms with Crippen molar-refractivity contribution in [2.75, 3.05) is 5.32 Å². The van der Waals surface area contributed by atoms with Gasteiger partial charge in [0.1, 0.15) is 0 Å². The number of anilines is 1. The van der Waals surface area contributed by atoms with Crippen LogP contribution >= 0.6 is 11.3 Å². The number of carbonyl (C=O) groups excluding carboxylic acids is 1. The first-order chi connectivity index (χ1) is 11.6. The van der Waals surface area contributed by atoms with Gasteiger partial charge in [0.15, 0.2) is 5.13 Å². The molecule has 0 bridgehead atoms. The normalized spacial score (nSPS) is 12.3. The Morgan fingerprint density at radius 3 is 2.92 bits per heavy atom. The second kappa shape index (κ2) is 6.96. The molecule has 0 radical (unpaired) electrons. The van der Waals surface area contributed by atoms with Gasteiger partial charge in [-0.05, 0) is 26.8 Å². The molecule has 3 aromatic rings. The predicted octanol–water partition coefficient (Wildman–Crippen LogP) is 3.12. The lowest BCUT2D eigenvalue weighted by Gasteiger charge is -2.11. The third-order valence-corrected chi connectivity index (χ3v) is 4.64. The van der Waals surface area contributed by atoms with Crippen molar-refractivity contribution in [1.29, 1.82) is 0 Å². The lowest BCUT2D eigenvalue weighted by Crippen LogP contribution is -2.17. The van der Waals surface area contributed by atoms with Gasteiger partial charge in [-0.2, -0.15) is 10.2 Å². The minimum Gasteiger partial charge on any atom is -0.302 e. The van der Waals surface area contributed by atoms with Crippen molar-refractivity contribution >= 4 is 22.4 Å². The Labute approximate surface area is 144 Å². The average molecular weight is 344 g/mol. The molecule has 0 aliphatic heterocycles. The molecule has 3 rings (SSSR count). The summed E-state index contributed by atoms with van der Waals surface area (Å²) >= 11 is 1.42. The highest BCUT2D eigenvalue weighted by Crippen LogP contribution is 2.27. The number of aryl methyl sites for hydroxylation is 1. The van der Waals surface area contributed by atoms with E-state index >= 15 is 0 Å². The Hall–Kier alpha value is -2.48. The molecule has 0 unspecified atom stereocenters. The predicted molar refractivity (Wildman–Crippen MR) is 93.9 cm³/mol. The van der Waals surface area contributed by atoms with E-state index in [9.17, 15) is 4.79 Å². The Bertz CT molecular complexity index is 820. The number of nitrogens with zero attached hydrogens (tertiary/aromatic N) is 5. The standard InChI is InChI=1S/C16H20N6OS/c1-4-21-12(3)13(9-18-21)14-10-24-16(19-14)20-15(23)8-11(2)22-7-5-6-17-22/h5-7,9-11H,4,8H2,1-3H3,(H,19,20,23)/t11-/m1/s1. The molecule has 0 aliphatic rings. The molecule has 0 spiro atoms. The largest absolute Gasteiger partial charge is 0.302 e. The summed E-state index contributed by atoms with van der Waals surface area (Å²) in [6.45, 7) is 6.86. The SMILES string of the molecule is CCn1ncc(-c2csc(NC(=O)C[C@@H](C)n3cccn3)n2)c1C. The minimum absolute atomic E-state index is 0.00413. The molecule has 0 aromatic carbocycles. The first-order valence-electron chi connectivity index (χ1n) is 7.85. The lowest BCUT2D eigenvalue weighted by molar-refractivity contribution is -0.116. The van der Waals surface area contributed by atoms with Crippen molar-refractivity contribution in [1.82, 2.24) is 24.5 Å². The highest BCUT2D eigenvalue weighted by Gasteiger charge is 2.15. The lowest BCUT2D eigenvalue weighted by atomic mass is 10.2. The van der Waals surface area contributed by atoms with E-state index in [2.05, 4.69) is 27.4 Å². The van der Waals surface area contributed by atoms with E-state index in [0.717, 1.165) is 23.5 Å². The number of carbonyl (C=O) groups is 1. The van der Waals surface area contributed by atoms with Crippen molar-refractivity contribution < 1.29 is 4.79 Å². The van der Waals surface area contributed by atoms with E-state index in [1.807, 2.05) is 42.4 Å². The molecule has 3 heterocycles. The third kappa shape index (κ3) is 3.38. The molecule has 8 heteroatoms. The van der Waals surface area contributed by atoms with Crippen LogP contribution < -0.4 is 5.32 Å². The molecule has 0 aliphatic carbocycles. The second-order valence-electron chi connectivity index (χ2n) is 5.58. The van der Waals surface area contributed by atoms with Gasteiger partial charge in [0.25, 0.3) is 0 Å². The fourth-order valence-corrected chi connectivity index (χ4v) is 3.27. The van der Waals surface area contributed by atoms with Crippen molar-refractivity contribution in [2.45, 2.75) is 39.8 Å². The number of thiazole rings is 1. The summed E-state index contributed by atoms with van der Waals surface area (Å²) in [5, 5.41) is 13.9. The quantitative estimate of drug-likeness (QED) is 0.745. The molecule has 1 N–H and O–H groups in total. The Morgan fingerprint density at radius 1 is 1.42 bits per heavy atom. The van der Waals surface area contributed by atoms with Crippen molar-refractivity contribution in [3.63, 3.8) is 0 Å². The maximum Gasteiger partial charge on any atom is 0.228 e. The molecule has 1 amide bonds. The summed E-state index contributed by atoms with van der Waals surface area (Å²) in [7, 11) is 0. The molecule has 3 aromatic heterocycles. The van der Waals surface area contributed by atoms with Crippen molar-refractivity contribution in [3.05, 3.63) is 35.7 Å². The molecule has 0 fully saturated rings. The summed E-state index contributed by atoms with van der Waals surface area (Å²) in [5.41, 5.74) is 2.92. The van der Waals surface area contributed by atoms with Gasteiger partial charge in [-0.15, -0.1) is 11.3 Å². The molecule has 24 heavy (non-hydrogen) atoms. The van der Waals surface area contributed by atoms with E-state index in [4.69, 9.17) is 0 Å². The van der Waals surface area contributed by atoms with Crippen LogP contribution in [0.3, 0.4) is 0 Å². The van der Waals surface area contributed by atoms with Gasteiger partial charge < -0.3 is 5.32 Å². The number of hydrogen-bond donors (Lipinski definition) is 1. The van der Waals surface area contributed by atoms with E-state index in [-0.39, 0.29) is 11.9 Å². The topological polar surface area (TPSA) is 77.6 Å². The zero-order chi connectivity index (χ0) is 17.1. The van der Waals surface area contributed by atoms with Crippen LogP contribution in [-0.4, -0.2) is 30.5 Å². The van der Waals surface area contributed by atoms with Gasteiger partial charge in [-0.1, -0.05) is 0 Å². The van der Waals surface area contributed by atoms with Crippen molar-refractivity contribution in [2.24, 2.45) is 0 Å². The van der Waals surface area contributed by atoms with Crippen LogP contribution in [0.4, 0.5) is 5.13 Å². The van der Waals surface area contributed by atoms with Crippen LogP contribution in [0.2, 0.25) is 0 Å². The zero-order valence-corrected chi connectivity index (χ0v) is 14.7. The van der Waals surface area contributed by atoms with E-state index in [0.29, 0.717) is 11.6 Å². The van der Waals surface area contributed by atoms with Crippen LogP contribution in [0, 0.1) is 6.92 Å². The summed E-state index contributed by atoms with van der Waals surface area (Å²) in [6.07, 6.45) is 5.73. The third-order valence-electron chi connectivity index (χ3n) is 3.89. The van der Waals surface area contributed by atoms with Crippen LogP contribution in [0.15, 0.2) is 30.0 Å². The fraction of sp³-hybridized carbons (Fsp3) is 0.375. The second-order valence-corrected chi connectivity index (χ2v) is 6.44. The Balaban J connectivity index is 1.65. The molecular formula is C16H20N6OS. The van der Waals surface area contributed by atoms with Gasteiger partial charge in [-0.25, -0.2) is 4.98 Å². The van der Waals surface area contributed by atoms with E-state index < -0.39 is 0 Å². The van der Waals surface area contributed by atoms with E-state index in [1.165, 1.54) is 11.3 Å². The number of amides is 1. The molecule has 7 nitrogen and oxygen atoms in total. The molecule has 0 saturated carbocycles. The number of aromatic nitrogens is 5. The maximum atomic E-state index is 12.2. The first kappa shape index (κ1) is 16.4. The highest BCUT2D eigenvalue weighted by atomic mass is 32.1. The number of nitrogens with one attached hydrogen (secondary N) is 1. The van der Waals surface area contributed by atoms with Gasteiger partial charge in [0.05, 0.1) is 17.9 Å². The Morgan fingerprint density at radius 2 is 2.25 bits per heavy atom. The monoisotopic (exact) mass is 344 g/mol. The molecular weight excluding hydrogens is 324 g/mol. The summed E-state index contributed by atoms with van der Waals surface area (Å²) in [5.74, 6) is -0.0696. The van der Waals surface area contributed by atoms with Gasteiger partial charge in [0, 0.05) is 42.0 Å². The summed E-state index contributed by atoms with van der Waals surface area (Å²) in [6, 6.07) is 1.85. The smallest absolute Gasteiger partial charge is 0.228 e. The van der Waals surface area contributed by atoms with Crippen LogP contribution in [-0.2, 0) is 11.3 Å². The molecule has 0 saturated heterocycles. The molecule has 1 atom stereocenters. The van der Waals surface area contributed by atoms with Crippen LogP contribution in [0.25, 0.3) is 11.3 Å². The first-order valence-corrected chi connectivity index (χ1v) is 8.73. The van der Waals surface area contributed by atoms with Gasteiger partial charge >= 0.3 is 0 Å². The van der Waals surface area contributed by atoms with E-state index in [1.54, 1.807) is 10.9 Å². The summed E-state index contributed by atoms with van der Waals surface area (Å²) in [4.78, 5) is 16.7. The van der Waals surface area contributed by atoms with Gasteiger partial charge in [0.2, 0.25) is 5.91 Å². The fourth-order valence-electron chi connectivity index (χ4n) is 2.55. The van der Waals surface area contributed by atoms with Gasteiger partial charge in [-0.3, -0.25) is 14.2 Å². The zero-order valence-electron chi connectivity index (χ0n) is 13.9. The maximum absolute atomic E-state index is 12.2. The molecule has 126 valence electrons. The summed E-state index contributed by atoms with van der Waals surface area (Å²) < 4.78 is 3.70.